The zero-order valence-electron chi connectivity index (χ0n) is 13.0. The molecule has 1 aliphatic rings. The number of aliphatic hydroxyl groups excluding tert-OH is 1. The first-order chi connectivity index (χ1) is 9.92. The van der Waals surface area contributed by atoms with Crippen molar-refractivity contribution in [2.45, 2.75) is 26.7 Å². The van der Waals surface area contributed by atoms with Crippen molar-refractivity contribution in [2.75, 3.05) is 45.9 Å². The second-order valence-corrected chi connectivity index (χ2v) is 5.78. The molecule has 1 heterocycles. The van der Waals surface area contributed by atoms with E-state index in [1.54, 1.807) is 18.7 Å². The van der Waals surface area contributed by atoms with Gasteiger partial charge in [0.15, 0.2) is 0 Å². The van der Waals surface area contributed by atoms with Gasteiger partial charge in [-0.05, 0) is 26.3 Å². The number of aliphatic hydroxyl groups is 1. The smallest absolute Gasteiger partial charge is 0.317 e. The van der Waals surface area contributed by atoms with E-state index in [-0.39, 0.29) is 19.2 Å². The fourth-order valence-electron chi connectivity index (χ4n) is 2.27. The minimum Gasteiger partial charge on any atom is -0.481 e. The van der Waals surface area contributed by atoms with E-state index in [2.05, 4.69) is 10.2 Å². The Morgan fingerprint density at radius 2 is 1.95 bits per heavy atom. The van der Waals surface area contributed by atoms with Crippen LogP contribution < -0.4 is 5.32 Å². The molecule has 1 saturated heterocycles. The van der Waals surface area contributed by atoms with Crippen LogP contribution in [0.1, 0.15) is 26.7 Å². The number of nitrogens with one attached hydrogen (secondary N) is 1. The third-order valence-corrected chi connectivity index (χ3v) is 4.22. The highest BCUT2D eigenvalue weighted by Crippen LogP contribution is 2.20. The number of hydrogen-bond donors (Lipinski definition) is 3. The number of hydrogen-bond acceptors (Lipinski definition) is 4. The van der Waals surface area contributed by atoms with E-state index >= 15 is 0 Å². The van der Waals surface area contributed by atoms with E-state index in [1.165, 1.54) is 0 Å². The molecule has 1 unspecified atom stereocenters. The van der Waals surface area contributed by atoms with Gasteiger partial charge in [0.05, 0.1) is 12.0 Å². The maximum absolute atomic E-state index is 12.2. The molecule has 21 heavy (non-hydrogen) atoms. The van der Waals surface area contributed by atoms with Crippen molar-refractivity contribution in [2.24, 2.45) is 5.41 Å². The van der Waals surface area contributed by atoms with Gasteiger partial charge in [-0.15, -0.1) is 0 Å². The van der Waals surface area contributed by atoms with Crippen LogP contribution in [0.5, 0.6) is 0 Å². The van der Waals surface area contributed by atoms with Gasteiger partial charge in [-0.25, -0.2) is 4.79 Å². The van der Waals surface area contributed by atoms with E-state index in [0.717, 1.165) is 19.5 Å². The third kappa shape index (κ3) is 5.17. The molecule has 1 rings (SSSR count). The van der Waals surface area contributed by atoms with E-state index in [1.807, 2.05) is 0 Å². The van der Waals surface area contributed by atoms with E-state index in [0.29, 0.717) is 26.1 Å². The predicted molar refractivity (Wildman–Crippen MR) is 79.1 cm³/mol. The molecule has 122 valence electrons. The van der Waals surface area contributed by atoms with E-state index in [4.69, 9.17) is 5.11 Å². The van der Waals surface area contributed by atoms with Crippen molar-refractivity contribution >= 4 is 12.0 Å². The van der Waals surface area contributed by atoms with Crippen LogP contribution in [-0.2, 0) is 4.79 Å². The van der Waals surface area contributed by atoms with Crippen LogP contribution in [0.15, 0.2) is 0 Å². The molecule has 1 atom stereocenters. The molecule has 0 spiro atoms. The van der Waals surface area contributed by atoms with Crippen molar-refractivity contribution in [3.8, 4) is 0 Å². The summed E-state index contributed by atoms with van der Waals surface area (Å²) < 4.78 is 0. The van der Waals surface area contributed by atoms with Gasteiger partial charge in [-0.2, -0.15) is 0 Å². The molecule has 0 aromatic rings. The molecule has 7 nitrogen and oxygen atoms in total. The highest BCUT2D eigenvalue weighted by atomic mass is 16.4. The summed E-state index contributed by atoms with van der Waals surface area (Å²) in [6, 6.07) is -0.207. The summed E-state index contributed by atoms with van der Waals surface area (Å²) in [6.45, 7) is 7.19. The van der Waals surface area contributed by atoms with Gasteiger partial charge in [0.1, 0.15) is 0 Å². The maximum atomic E-state index is 12.2. The molecule has 0 aromatic heterocycles. The fraction of sp³-hybridized carbons (Fsp3) is 0.857. The second-order valence-electron chi connectivity index (χ2n) is 5.78. The Morgan fingerprint density at radius 3 is 2.52 bits per heavy atom. The molecule has 7 heteroatoms. The molecule has 1 fully saturated rings. The molecule has 3 N–H and O–H groups in total. The van der Waals surface area contributed by atoms with Crippen LogP contribution in [0.3, 0.4) is 0 Å². The topological polar surface area (TPSA) is 93.1 Å². The SMILES string of the molecule is CCC(C)(CNC(=O)N1CCCN(CCO)CC1)C(=O)O. The molecule has 0 aliphatic carbocycles. The fourth-order valence-corrected chi connectivity index (χ4v) is 2.27. The van der Waals surface area contributed by atoms with Crippen molar-refractivity contribution in [1.82, 2.24) is 15.1 Å². The summed E-state index contributed by atoms with van der Waals surface area (Å²) >= 11 is 0. The summed E-state index contributed by atoms with van der Waals surface area (Å²) in [4.78, 5) is 27.2. The van der Waals surface area contributed by atoms with Crippen LogP contribution in [-0.4, -0.2) is 77.9 Å². The largest absolute Gasteiger partial charge is 0.481 e. The van der Waals surface area contributed by atoms with Crippen LogP contribution in [0.4, 0.5) is 4.79 Å². The first kappa shape index (κ1) is 17.7. The maximum Gasteiger partial charge on any atom is 0.317 e. The average molecular weight is 301 g/mol. The number of carbonyl (C=O) groups is 2. The van der Waals surface area contributed by atoms with Crippen molar-refractivity contribution in [3.63, 3.8) is 0 Å². The highest BCUT2D eigenvalue weighted by Gasteiger charge is 2.32. The number of β-amino-alcohol motifs (C(OH)–C–C–N with tert-alkyl or cyclic N) is 1. The molecule has 2 amide bonds. The van der Waals surface area contributed by atoms with Gasteiger partial charge in [-0.3, -0.25) is 9.69 Å². The van der Waals surface area contributed by atoms with Gasteiger partial charge in [0, 0.05) is 32.7 Å². The summed E-state index contributed by atoms with van der Waals surface area (Å²) in [5.41, 5.74) is -0.926. The number of carbonyl (C=O) groups excluding carboxylic acids is 1. The van der Waals surface area contributed by atoms with Crippen LogP contribution in [0.2, 0.25) is 0 Å². The minimum atomic E-state index is -0.926. The highest BCUT2D eigenvalue weighted by molar-refractivity contribution is 5.77. The lowest BCUT2D eigenvalue weighted by Gasteiger charge is -2.26. The lowest BCUT2D eigenvalue weighted by atomic mass is 9.88. The Kier molecular flexibility index (Phi) is 6.91. The number of aliphatic carboxylic acids is 1. The zero-order valence-corrected chi connectivity index (χ0v) is 13.0. The second kappa shape index (κ2) is 8.19. The Balaban J connectivity index is 2.47. The molecular weight excluding hydrogens is 274 g/mol. The third-order valence-electron chi connectivity index (χ3n) is 4.22. The van der Waals surface area contributed by atoms with Gasteiger partial charge < -0.3 is 20.4 Å². The van der Waals surface area contributed by atoms with Gasteiger partial charge in [0.2, 0.25) is 0 Å². The minimum absolute atomic E-state index is 0.125. The normalized spacial score (nSPS) is 19.7. The number of rotatable bonds is 6. The van der Waals surface area contributed by atoms with Crippen molar-refractivity contribution in [1.29, 1.82) is 0 Å². The standard InChI is InChI=1S/C14H27N3O4/c1-3-14(2,12(19)20)11-15-13(21)17-6-4-5-16(7-8-17)9-10-18/h18H,3-11H2,1-2H3,(H,15,21)(H,19,20). The Bertz CT molecular complexity index is 364. The summed E-state index contributed by atoms with van der Waals surface area (Å²) in [7, 11) is 0. The van der Waals surface area contributed by atoms with Gasteiger partial charge in [0.25, 0.3) is 0 Å². The molecule has 0 saturated carbocycles. The average Bonchev–Trinajstić information content (AvgIpc) is 2.70. The first-order valence-electron chi connectivity index (χ1n) is 7.52. The first-order valence-corrected chi connectivity index (χ1v) is 7.52. The summed E-state index contributed by atoms with van der Waals surface area (Å²) in [5, 5.41) is 20.9. The molecular formula is C14H27N3O4. The number of amides is 2. The molecule has 1 aliphatic heterocycles. The van der Waals surface area contributed by atoms with Crippen LogP contribution in [0.25, 0.3) is 0 Å². The Labute approximate surface area is 125 Å². The Morgan fingerprint density at radius 1 is 1.24 bits per heavy atom. The molecule has 0 aromatic carbocycles. The zero-order chi connectivity index (χ0) is 15.9. The van der Waals surface area contributed by atoms with E-state index < -0.39 is 11.4 Å². The van der Waals surface area contributed by atoms with Gasteiger partial charge >= 0.3 is 12.0 Å². The van der Waals surface area contributed by atoms with E-state index in [9.17, 15) is 14.7 Å². The van der Waals surface area contributed by atoms with Crippen LogP contribution in [0, 0.1) is 5.41 Å². The van der Waals surface area contributed by atoms with Crippen molar-refractivity contribution < 1.29 is 19.8 Å². The lowest BCUT2D eigenvalue weighted by Crippen LogP contribution is -2.47. The number of carboxylic acids is 1. The van der Waals surface area contributed by atoms with Crippen molar-refractivity contribution in [3.05, 3.63) is 0 Å². The number of carboxylic acid groups (broad SMARTS) is 1. The monoisotopic (exact) mass is 301 g/mol. The van der Waals surface area contributed by atoms with Crippen LogP contribution >= 0.6 is 0 Å². The Hall–Kier alpha value is -1.34. The quantitative estimate of drug-likeness (QED) is 0.651. The summed E-state index contributed by atoms with van der Waals surface area (Å²) in [5.74, 6) is -0.893. The molecule has 0 radical (unpaired) electrons. The lowest BCUT2D eigenvalue weighted by molar-refractivity contribution is -0.147. The van der Waals surface area contributed by atoms with Gasteiger partial charge in [-0.1, -0.05) is 6.92 Å². The predicted octanol–water partition coefficient (Wildman–Crippen LogP) is 0.197. The summed E-state index contributed by atoms with van der Waals surface area (Å²) in [6.07, 6.45) is 1.32. The molecule has 0 bridgehead atoms. The number of nitrogens with zero attached hydrogens (tertiary/aromatic N) is 2. The number of urea groups is 1.